The molecule has 4 atom stereocenters. The molecule has 1 aliphatic heterocycles. The molecule has 2 N–H and O–H groups in total. The van der Waals surface area contributed by atoms with Crippen LogP contribution >= 0.6 is 0 Å². The molecular weight excluding hydrogens is 655 g/mol. The smallest absolute Gasteiger partial charge is 0.389 e. The number of rotatable bonds is 10. The molecule has 0 unspecified atom stereocenters. The van der Waals surface area contributed by atoms with Crippen molar-refractivity contribution >= 4 is 27.5 Å². The van der Waals surface area contributed by atoms with E-state index in [0.717, 1.165) is 0 Å². The lowest BCUT2D eigenvalue weighted by atomic mass is 10.0. The second-order valence-electron chi connectivity index (χ2n) is 12.2. The van der Waals surface area contributed by atoms with Gasteiger partial charge in [-0.2, -0.15) is 13.2 Å². The van der Waals surface area contributed by atoms with Crippen LogP contribution in [0.5, 0.6) is 11.5 Å². The summed E-state index contributed by atoms with van der Waals surface area (Å²) in [7, 11) is -1.16. The lowest BCUT2D eigenvalue weighted by molar-refractivity contribution is -0.149. The minimum Gasteiger partial charge on any atom is -0.497 e. The van der Waals surface area contributed by atoms with E-state index in [4.69, 9.17) is 14.2 Å². The molecule has 2 aromatic rings. The molecule has 11 nitrogen and oxygen atoms in total. The Hall–Kier alpha value is -3.56. The molecule has 1 aliphatic rings. The summed E-state index contributed by atoms with van der Waals surface area (Å²) < 4.78 is 84.6. The predicted molar refractivity (Wildman–Crippen MR) is 174 cm³/mol. The van der Waals surface area contributed by atoms with Gasteiger partial charge in [0.15, 0.2) is 0 Å². The SMILES string of the molecule is COc1ccc(S(=O)(=O)Nc2ccc3c(c2)C(=O)N([C@@H](C)CO)C[C@@H](C)[C@@H](CN(C)C(=O)CCC(F)(F)F)OCCCC[C@@H](C)O3)cc1. The number of aliphatic hydroxyl groups is 1. The van der Waals surface area contributed by atoms with E-state index in [1.165, 1.54) is 66.4 Å². The number of aliphatic hydroxyl groups excluding tert-OH is 1. The van der Waals surface area contributed by atoms with Gasteiger partial charge in [0.25, 0.3) is 15.9 Å². The molecule has 0 fully saturated rings. The molecule has 1 heterocycles. The first-order chi connectivity index (χ1) is 22.5. The highest BCUT2D eigenvalue weighted by atomic mass is 32.2. The zero-order valence-corrected chi connectivity index (χ0v) is 28.8. The van der Waals surface area contributed by atoms with Crippen LogP contribution in [0.4, 0.5) is 18.9 Å². The summed E-state index contributed by atoms with van der Waals surface area (Å²) in [5.41, 5.74) is 0.179. The minimum absolute atomic E-state index is 0.000776. The number of alkyl halides is 3. The average Bonchev–Trinajstić information content (AvgIpc) is 3.04. The Balaban J connectivity index is 1.95. The summed E-state index contributed by atoms with van der Waals surface area (Å²) in [6, 6.07) is 9.54. The Bertz CT molecular complexity index is 1470. The van der Waals surface area contributed by atoms with Gasteiger partial charge in [0.05, 0.1) is 48.8 Å². The number of likely N-dealkylation sites (N-methyl/N-ethyl adjacent to an activating group) is 1. The van der Waals surface area contributed by atoms with E-state index in [0.29, 0.717) is 31.6 Å². The molecular formula is C33H46F3N3O8S. The number of fused-ring (bicyclic) bond motifs is 1. The fourth-order valence-electron chi connectivity index (χ4n) is 5.23. The first-order valence-corrected chi connectivity index (χ1v) is 17.3. The molecule has 0 saturated carbocycles. The maximum atomic E-state index is 14.3. The molecule has 2 amide bonds. The number of sulfonamides is 1. The number of carbonyl (C=O) groups is 2. The molecule has 0 bridgehead atoms. The van der Waals surface area contributed by atoms with Crippen molar-refractivity contribution in [2.75, 3.05) is 45.2 Å². The molecule has 3 rings (SSSR count). The number of nitrogens with zero attached hydrogens (tertiary/aromatic N) is 2. The Morgan fingerprint density at radius 2 is 1.85 bits per heavy atom. The lowest BCUT2D eigenvalue weighted by Gasteiger charge is -2.36. The molecule has 2 aromatic carbocycles. The third kappa shape index (κ3) is 11.3. The molecule has 15 heteroatoms. The predicted octanol–water partition coefficient (Wildman–Crippen LogP) is 5.09. The zero-order valence-electron chi connectivity index (χ0n) is 28.0. The van der Waals surface area contributed by atoms with Crippen molar-refractivity contribution in [3.8, 4) is 11.5 Å². The van der Waals surface area contributed by atoms with Crippen molar-refractivity contribution in [3.63, 3.8) is 0 Å². The van der Waals surface area contributed by atoms with Crippen molar-refractivity contribution < 1.29 is 50.5 Å². The van der Waals surface area contributed by atoms with Crippen LogP contribution in [0.15, 0.2) is 47.4 Å². The summed E-state index contributed by atoms with van der Waals surface area (Å²) in [6.07, 6.45) is -5.37. The Morgan fingerprint density at radius 1 is 1.17 bits per heavy atom. The third-order valence-corrected chi connectivity index (χ3v) is 9.57. The first kappa shape index (κ1) is 38.9. The van der Waals surface area contributed by atoms with Gasteiger partial charge in [-0.3, -0.25) is 14.3 Å². The van der Waals surface area contributed by atoms with Crippen molar-refractivity contribution in [2.24, 2.45) is 5.92 Å². The summed E-state index contributed by atoms with van der Waals surface area (Å²) in [4.78, 5) is 29.4. The molecule has 0 spiro atoms. The van der Waals surface area contributed by atoms with Crippen molar-refractivity contribution in [2.45, 2.75) is 82.2 Å². The summed E-state index contributed by atoms with van der Waals surface area (Å²) in [6.45, 7) is 5.28. The van der Waals surface area contributed by atoms with E-state index >= 15 is 0 Å². The molecule has 268 valence electrons. The van der Waals surface area contributed by atoms with E-state index < -0.39 is 65.5 Å². The summed E-state index contributed by atoms with van der Waals surface area (Å²) in [5.74, 6) is -0.923. The maximum absolute atomic E-state index is 14.3. The molecule has 48 heavy (non-hydrogen) atoms. The number of nitrogens with one attached hydrogen (secondary N) is 1. The van der Waals surface area contributed by atoms with E-state index in [2.05, 4.69) is 4.72 Å². The first-order valence-electron chi connectivity index (χ1n) is 15.9. The summed E-state index contributed by atoms with van der Waals surface area (Å²) in [5, 5.41) is 10.1. The number of hydrogen-bond donors (Lipinski definition) is 2. The maximum Gasteiger partial charge on any atom is 0.389 e. The second-order valence-corrected chi connectivity index (χ2v) is 13.9. The van der Waals surface area contributed by atoms with Gasteiger partial charge in [-0.05, 0) is 75.6 Å². The number of methoxy groups -OCH3 is 1. The number of ether oxygens (including phenoxy) is 3. The molecule has 0 aliphatic carbocycles. The van der Waals surface area contributed by atoms with Crippen LogP contribution in [-0.4, -0.2) is 100 Å². The van der Waals surface area contributed by atoms with Crippen LogP contribution < -0.4 is 14.2 Å². The number of hydrogen-bond acceptors (Lipinski definition) is 8. The monoisotopic (exact) mass is 701 g/mol. The van der Waals surface area contributed by atoms with Crippen molar-refractivity contribution in [3.05, 3.63) is 48.0 Å². The van der Waals surface area contributed by atoms with Gasteiger partial charge >= 0.3 is 6.18 Å². The highest BCUT2D eigenvalue weighted by Crippen LogP contribution is 2.30. The van der Waals surface area contributed by atoms with Gasteiger partial charge in [0.1, 0.15) is 11.5 Å². The van der Waals surface area contributed by atoms with E-state index in [9.17, 15) is 36.3 Å². The number of amides is 2. The minimum atomic E-state index is -4.46. The number of carbonyl (C=O) groups excluding carboxylic acids is 2. The number of anilines is 1. The molecule has 0 aromatic heterocycles. The third-order valence-electron chi connectivity index (χ3n) is 8.18. The van der Waals surface area contributed by atoms with E-state index in [1.54, 1.807) is 13.8 Å². The van der Waals surface area contributed by atoms with Crippen LogP contribution in [-0.2, 0) is 19.6 Å². The van der Waals surface area contributed by atoms with Crippen LogP contribution in [0.25, 0.3) is 0 Å². The fourth-order valence-corrected chi connectivity index (χ4v) is 6.28. The largest absolute Gasteiger partial charge is 0.497 e. The van der Waals surface area contributed by atoms with Crippen LogP contribution in [0.2, 0.25) is 0 Å². The van der Waals surface area contributed by atoms with Gasteiger partial charge in [-0.15, -0.1) is 0 Å². The fraction of sp³-hybridized carbons (Fsp3) is 0.576. The van der Waals surface area contributed by atoms with Crippen LogP contribution in [0.1, 0.15) is 63.2 Å². The van der Waals surface area contributed by atoms with Crippen molar-refractivity contribution in [1.29, 1.82) is 0 Å². The Kier molecular flexibility index (Phi) is 13.9. The lowest BCUT2D eigenvalue weighted by Crippen LogP contribution is -2.48. The van der Waals surface area contributed by atoms with Gasteiger partial charge < -0.3 is 29.1 Å². The standard InChI is InChI=1S/C33H46F3N3O8S/c1-22-19-39(23(2)21-40)32(42)28-18-25(37-48(43,44)27-12-10-26(45-5)11-13-27)9-14-29(28)47-24(3)8-6-7-17-46-30(22)20-38(4)31(41)15-16-33(34,35)36/h9-14,18,22-24,30,37,40H,6-8,15-17,19-21H2,1-5H3/t22-,23+,24-,30-/m1/s1. The van der Waals surface area contributed by atoms with Crippen LogP contribution in [0.3, 0.4) is 0 Å². The van der Waals surface area contributed by atoms with Gasteiger partial charge in [-0.25, -0.2) is 8.42 Å². The van der Waals surface area contributed by atoms with Crippen molar-refractivity contribution in [1.82, 2.24) is 9.80 Å². The summed E-state index contributed by atoms with van der Waals surface area (Å²) >= 11 is 0. The van der Waals surface area contributed by atoms with Gasteiger partial charge in [-0.1, -0.05) is 6.92 Å². The zero-order chi connectivity index (χ0) is 35.6. The quantitative estimate of drug-likeness (QED) is 0.350. The topological polar surface area (TPSA) is 135 Å². The molecule has 0 saturated heterocycles. The Labute approximate surface area is 280 Å². The average molecular weight is 702 g/mol. The second kappa shape index (κ2) is 17.2. The van der Waals surface area contributed by atoms with Gasteiger partial charge in [0, 0.05) is 44.8 Å². The highest BCUT2D eigenvalue weighted by molar-refractivity contribution is 7.92. The normalized spacial score (nSPS) is 20.6. The van der Waals surface area contributed by atoms with Crippen LogP contribution in [0, 0.1) is 5.92 Å². The number of halogens is 3. The van der Waals surface area contributed by atoms with E-state index in [-0.39, 0.29) is 41.1 Å². The molecule has 0 radical (unpaired) electrons. The van der Waals surface area contributed by atoms with E-state index in [1.807, 2.05) is 6.92 Å². The van der Waals surface area contributed by atoms with Gasteiger partial charge in [0.2, 0.25) is 5.91 Å². The number of benzene rings is 2. The highest BCUT2D eigenvalue weighted by Gasteiger charge is 2.32. The Morgan fingerprint density at radius 3 is 2.48 bits per heavy atom.